The first-order chi connectivity index (χ1) is 11.9. The number of aryl methyl sites for hydroxylation is 1. The third-order valence-corrected chi connectivity index (χ3v) is 6.98. The SMILES string of the molecule is Cc1ccc2ccc(C(C)OC(=O)C3CC4CC3C(C)C4C)cc2c1. The normalized spacial score (nSPS) is 32.1. The Morgan fingerprint density at radius 2 is 1.80 bits per heavy atom. The quantitative estimate of drug-likeness (QED) is 0.674. The van der Waals surface area contributed by atoms with Crippen LogP contribution in [0.1, 0.15) is 50.8 Å². The van der Waals surface area contributed by atoms with Gasteiger partial charge in [0.05, 0.1) is 5.92 Å². The minimum Gasteiger partial charge on any atom is -0.458 e. The monoisotopic (exact) mass is 336 g/mol. The number of carbonyl (C=O) groups is 1. The van der Waals surface area contributed by atoms with Crippen LogP contribution in [0, 0.1) is 36.5 Å². The van der Waals surface area contributed by atoms with Gasteiger partial charge in [0.2, 0.25) is 0 Å². The van der Waals surface area contributed by atoms with Crippen LogP contribution in [-0.2, 0) is 9.53 Å². The first kappa shape index (κ1) is 16.6. The van der Waals surface area contributed by atoms with Crippen molar-refractivity contribution in [3.05, 3.63) is 47.5 Å². The van der Waals surface area contributed by atoms with Gasteiger partial charge in [-0.2, -0.15) is 0 Å². The summed E-state index contributed by atoms with van der Waals surface area (Å²) in [4.78, 5) is 12.8. The Morgan fingerprint density at radius 3 is 2.52 bits per heavy atom. The molecule has 0 radical (unpaired) electrons. The van der Waals surface area contributed by atoms with E-state index in [-0.39, 0.29) is 18.0 Å². The third kappa shape index (κ3) is 2.86. The Morgan fingerprint density at radius 1 is 1.04 bits per heavy atom. The van der Waals surface area contributed by atoms with E-state index in [1.165, 1.54) is 22.8 Å². The van der Waals surface area contributed by atoms with Gasteiger partial charge in [-0.15, -0.1) is 0 Å². The molecule has 0 heterocycles. The maximum atomic E-state index is 12.8. The number of esters is 1. The summed E-state index contributed by atoms with van der Waals surface area (Å²) in [5.74, 6) is 2.78. The average Bonchev–Trinajstić information content (AvgIpc) is 3.14. The van der Waals surface area contributed by atoms with E-state index >= 15 is 0 Å². The predicted octanol–water partition coefficient (Wildman–Crippen LogP) is 5.68. The highest BCUT2D eigenvalue weighted by atomic mass is 16.5. The summed E-state index contributed by atoms with van der Waals surface area (Å²) in [6.45, 7) is 8.75. The van der Waals surface area contributed by atoms with Gasteiger partial charge in [0.15, 0.2) is 0 Å². The zero-order chi connectivity index (χ0) is 17.7. The highest BCUT2D eigenvalue weighted by Gasteiger charge is 2.51. The lowest BCUT2D eigenvalue weighted by Crippen LogP contribution is -2.31. The van der Waals surface area contributed by atoms with Crippen LogP contribution in [0.5, 0.6) is 0 Å². The standard InChI is InChI=1S/C23H28O2/c1-13-5-6-17-7-8-18(10-20(17)9-13)16(4)25-23(24)22-12-19-11-21(22)15(3)14(19)2/h5-10,14-16,19,21-22H,11-12H2,1-4H3. The first-order valence-corrected chi connectivity index (χ1v) is 9.65. The van der Waals surface area contributed by atoms with Crippen LogP contribution >= 0.6 is 0 Å². The molecule has 6 unspecified atom stereocenters. The summed E-state index contributed by atoms with van der Waals surface area (Å²) in [5, 5.41) is 2.44. The summed E-state index contributed by atoms with van der Waals surface area (Å²) >= 11 is 0. The fourth-order valence-corrected chi connectivity index (χ4v) is 5.18. The number of hydrogen-bond acceptors (Lipinski definition) is 2. The maximum Gasteiger partial charge on any atom is 0.309 e. The van der Waals surface area contributed by atoms with Crippen molar-refractivity contribution in [2.24, 2.45) is 29.6 Å². The van der Waals surface area contributed by atoms with E-state index in [4.69, 9.17) is 4.74 Å². The van der Waals surface area contributed by atoms with Gasteiger partial charge >= 0.3 is 5.97 Å². The van der Waals surface area contributed by atoms with Gasteiger partial charge in [-0.1, -0.05) is 49.7 Å². The molecule has 25 heavy (non-hydrogen) atoms. The number of carbonyl (C=O) groups excluding carboxylic acids is 1. The van der Waals surface area contributed by atoms with Crippen molar-refractivity contribution in [2.45, 2.75) is 46.6 Å². The molecule has 4 rings (SSSR count). The molecule has 6 atom stereocenters. The van der Waals surface area contributed by atoms with Gasteiger partial charge in [-0.3, -0.25) is 4.79 Å². The third-order valence-electron chi connectivity index (χ3n) is 6.98. The van der Waals surface area contributed by atoms with Crippen LogP contribution in [0.15, 0.2) is 36.4 Å². The van der Waals surface area contributed by atoms with Crippen molar-refractivity contribution in [3.8, 4) is 0 Å². The molecule has 132 valence electrons. The molecular formula is C23H28O2. The Balaban J connectivity index is 1.48. The fourth-order valence-electron chi connectivity index (χ4n) is 5.18. The minimum atomic E-state index is -0.190. The second-order valence-electron chi connectivity index (χ2n) is 8.41. The topological polar surface area (TPSA) is 26.3 Å². The van der Waals surface area contributed by atoms with Crippen LogP contribution in [0.25, 0.3) is 10.8 Å². The van der Waals surface area contributed by atoms with Crippen LogP contribution in [0.2, 0.25) is 0 Å². The summed E-state index contributed by atoms with van der Waals surface area (Å²) in [6, 6.07) is 12.8. The molecule has 2 nitrogen and oxygen atoms in total. The minimum absolute atomic E-state index is 0.0167. The lowest BCUT2D eigenvalue weighted by Gasteiger charge is -2.31. The molecule has 0 spiro atoms. The molecule has 2 aromatic carbocycles. The maximum absolute atomic E-state index is 12.8. The van der Waals surface area contributed by atoms with Crippen LogP contribution in [-0.4, -0.2) is 5.97 Å². The van der Waals surface area contributed by atoms with Crippen LogP contribution in [0.3, 0.4) is 0 Å². The van der Waals surface area contributed by atoms with E-state index < -0.39 is 0 Å². The van der Waals surface area contributed by atoms with Gasteiger partial charge in [0.1, 0.15) is 6.10 Å². The Kier molecular flexibility index (Phi) is 4.10. The molecule has 0 aromatic heterocycles. The first-order valence-electron chi connectivity index (χ1n) is 9.65. The molecule has 2 aliphatic rings. The van der Waals surface area contributed by atoms with Crippen LogP contribution in [0.4, 0.5) is 0 Å². The van der Waals surface area contributed by atoms with Crippen molar-refractivity contribution >= 4 is 16.7 Å². The molecule has 2 aromatic rings. The molecule has 2 saturated carbocycles. The molecule has 2 aliphatic carbocycles. The second-order valence-corrected chi connectivity index (χ2v) is 8.41. The smallest absolute Gasteiger partial charge is 0.309 e. The molecule has 2 heteroatoms. The molecule has 0 aliphatic heterocycles. The van der Waals surface area contributed by atoms with E-state index in [0.717, 1.165) is 23.8 Å². The van der Waals surface area contributed by atoms with Crippen molar-refractivity contribution in [3.63, 3.8) is 0 Å². The molecule has 2 bridgehead atoms. The lowest BCUT2D eigenvalue weighted by atomic mass is 9.76. The van der Waals surface area contributed by atoms with E-state index in [0.29, 0.717) is 11.8 Å². The number of benzene rings is 2. The summed E-state index contributed by atoms with van der Waals surface area (Å²) in [6.07, 6.45) is 2.05. The predicted molar refractivity (Wildman–Crippen MR) is 101 cm³/mol. The van der Waals surface area contributed by atoms with Gasteiger partial charge in [-0.05, 0) is 72.8 Å². The number of ether oxygens (including phenoxy) is 1. The van der Waals surface area contributed by atoms with Gasteiger partial charge in [-0.25, -0.2) is 0 Å². The lowest BCUT2D eigenvalue weighted by molar-refractivity contribution is -0.156. The number of hydrogen-bond donors (Lipinski definition) is 0. The Bertz CT molecular complexity index is 807. The Hall–Kier alpha value is -1.83. The Labute approximate surface area is 150 Å². The van der Waals surface area contributed by atoms with E-state index in [2.05, 4.69) is 57.2 Å². The number of fused-ring (bicyclic) bond motifs is 3. The van der Waals surface area contributed by atoms with Gasteiger partial charge in [0.25, 0.3) is 0 Å². The van der Waals surface area contributed by atoms with Crippen molar-refractivity contribution in [2.75, 3.05) is 0 Å². The summed E-state index contributed by atoms with van der Waals surface area (Å²) < 4.78 is 5.90. The zero-order valence-electron chi connectivity index (χ0n) is 15.7. The summed E-state index contributed by atoms with van der Waals surface area (Å²) in [7, 11) is 0. The van der Waals surface area contributed by atoms with E-state index in [1.807, 2.05) is 6.92 Å². The molecule has 0 amide bonds. The van der Waals surface area contributed by atoms with E-state index in [1.54, 1.807) is 0 Å². The average molecular weight is 336 g/mol. The zero-order valence-corrected chi connectivity index (χ0v) is 15.7. The molecular weight excluding hydrogens is 308 g/mol. The fraction of sp³-hybridized carbons (Fsp3) is 0.522. The molecule has 2 fully saturated rings. The van der Waals surface area contributed by atoms with Crippen LogP contribution < -0.4 is 0 Å². The second kappa shape index (κ2) is 6.16. The van der Waals surface area contributed by atoms with Crippen molar-refractivity contribution < 1.29 is 9.53 Å². The van der Waals surface area contributed by atoms with Gasteiger partial charge in [0, 0.05) is 0 Å². The largest absolute Gasteiger partial charge is 0.458 e. The summed E-state index contributed by atoms with van der Waals surface area (Å²) in [5.41, 5.74) is 2.33. The van der Waals surface area contributed by atoms with Gasteiger partial charge < -0.3 is 4.74 Å². The van der Waals surface area contributed by atoms with E-state index in [9.17, 15) is 4.79 Å². The highest BCUT2D eigenvalue weighted by molar-refractivity contribution is 5.84. The van der Waals surface area contributed by atoms with Crippen molar-refractivity contribution in [1.82, 2.24) is 0 Å². The highest BCUT2D eigenvalue weighted by Crippen LogP contribution is 2.55. The molecule has 0 N–H and O–H groups in total. The molecule has 0 saturated heterocycles. The number of rotatable bonds is 3. The van der Waals surface area contributed by atoms with Crippen molar-refractivity contribution in [1.29, 1.82) is 0 Å².